The molecule has 0 unspecified atom stereocenters. The van der Waals surface area contributed by atoms with Gasteiger partial charge in [0.2, 0.25) is 0 Å². The zero-order valence-corrected chi connectivity index (χ0v) is 31.7. The predicted octanol–water partition coefficient (Wildman–Crippen LogP) is 16.0. The highest BCUT2D eigenvalue weighted by atomic mass is 16.3. The fourth-order valence-electron chi connectivity index (χ4n) is 8.49. The SMILES string of the molecule is c1ccc(-c2ccc(-c3ccc4ccccc4c3)cc2N(c2ccc(-c3ccc4ccccc4c3)cc2)c2ccc(-c3cccc4c3oc3ccccc34)cc2)cc1. The van der Waals surface area contributed by atoms with Gasteiger partial charge in [-0.15, -0.1) is 0 Å². The maximum atomic E-state index is 6.46. The molecule has 11 rings (SSSR count). The van der Waals surface area contributed by atoms with Gasteiger partial charge in [-0.2, -0.15) is 0 Å². The van der Waals surface area contributed by atoms with E-state index in [1.807, 2.05) is 12.1 Å². The smallest absolute Gasteiger partial charge is 0.143 e. The second kappa shape index (κ2) is 14.1. The standard InChI is InChI=1S/C56H37NO/c1-2-13-41(14-3-1)50-34-29-47(46-24-22-39-12-5-7-16-44(39)36-46)37-54(50)57(48-30-25-40(26-31-48)45-23-21-38-11-4-6-15-43(38)35-45)49-32-27-42(28-33-49)51-18-10-19-53-52-17-8-9-20-55(52)58-56(51)53/h1-37H. The average Bonchev–Trinajstić information content (AvgIpc) is 3.69. The van der Waals surface area contributed by atoms with Crippen LogP contribution in [0.15, 0.2) is 229 Å². The van der Waals surface area contributed by atoms with Crippen LogP contribution in [-0.4, -0.2) is 0 Å². The van der Waals surface area contributed by atoms with E-state index < -0.39 is 0 Å². The Labute approximate surface area is 337 Å². The largest absolute Gasteiger partial charge is 0.455 e. The van der Waals surface area contributed by atoms with E-state index in [1.54, 1.807) is 0 Å². The van der Waals surface area contributed by atoms with E-state index in [9.17, 15) is 0 Å². The van der Waals surface area contributed by atoms with E-state index in [0.717, 1.165) is 66.8 Å². The van der Waals surface area contributed by atoms with E-state index in [-0.39, 0.29) is 0 Å². The Balaban J connectivity index is 1.08. The van der Waals surface area contributed by atoms with Crippen molar-refractivity contribution in [3.05, 3.63) is 224 Å². The molecule has 0 atom stereocenters. The molecule has 0 saturated heterocycles. The third-order valence-electron chi connectivity index (χ3n) is 11.5. The molecule has 0 N–H and O–H groups in total. The normalized spacial score (nSPS) is 11.4. The maximum absolute atomic E-state index is 6.46. The van der Waals surface area contributed by atoms with E-state index in [1.165, 1.54) is 38.2 Å². The second-order valence-corrected chi connectivity index (χ2v) is 14.9. The van der Waals surface area contributed by atoms with Gasteiger partial charge < -0.3 is 9.32 Å². The molecule has 0 saturated carbocycles. The van der Waals surface area contributed by atoms with Crippen LogP contribution in [0.4, 0.5) is 17.1 Å². The molecule has 0 bridgehead atoms. The summed E-state index contributed by atoms with van der Waals surface area (Å²) >= 11 is 0. The van der Waals surface area contributed by atoms with Crippen LogP contribution in [0, 0.1) is 0 Å². The van der Waals surface area contributed by atoms with Crippen molar-refractivity contribution in [3.8, 4) is 44.5 Å². The molecule has 1 aromatic heterocycles. The number of hydrogen-bond donors (Lipinski definition) is 0. The molecular formula is C56H37NO. The third-order valence-corrected chi connectivity index (χ3v) is 11.5. The zero-order valence-electron chi connectivity index (χ0n) is 31.7. The quantitative estimate of drug-likeness (QED) is 0.162. The van der Waals surface area contributed by atoms with Gasteiger partial charge in [0, 0.05) is 33.3 Å². The Morgan fingerprint density at radius 2 is 0.793 bits per heavy atom. The number of hydrogen-bond acceptors (Lipinski definition) is 2. The fraction of sp³-hybridized carbons (Fsp3) is 0. The van der Waals surface area contributed by atoms with Crippen molar-refractivity contribution in [3.63, 3.8) is 0 Å². The van der Waals surface area contributed by atoms with Gasteiger partial charge in [0.25, 0.3) is 0 Å². The first-order valence-electron chi connectivity index (χ1n) is 19.8. The maximum Gasteiger partial charge on any atom is 0.143 e. The van der Waals surface area contributed by atoms with Crippen molar-refractivity contribution in [1.29, 1.82) is 0 Å². The minimum absolute atomic E-state index is 0.902. The van der Waals surface area contributed by atoms with Crippen LogP contribution in [-0.2, 0) is 0 Å². The van der Waals surface area contributed by atoms with Crippen molar-refractivity contribution in [2.75, 3.05) is 4.90 Å². The summed E-state index contributed by atoms with van der Waals surface area (Å²) in [5, 5.41) is 7.21. The van der Waals surface area contributed by atoms with Gasteiger partial charge in [-0.25, -0.2) is 0 Å². The van der Waals surface area contributed by atoms with Gasteiger partial charge in [0.05, 0.1) is 5.69 Å². The molecule has 0 amide bonds. The average molecular weight is 740 g/mol. The molecular weight excluding hydrogens is 703 g/mol. The Hall–Kier alpha value is -7.68. The first kappa shape index (κ1) is 33.6. The zero-order chi connectivity index (χ0) is 38.4. The topological polar surface area (TPSA) is 16.4 Å². The monoisotopic (exact) mass is 739 g/mol. The highest BCUT2D eigenvalue weighted by Crippen LogP contribution is 2.45. The molecule has 0 aliphatic carbocycles. The van der Waals surface area contributed by atoms with Crippen LogP contribution in [0.2, 0.25) is 0 Å². The lowest BCUT2D eigenvalue weighted by Gasteiger charge is -2.29. The van der Waals surface area contributed by atoms with Crippen molar-refractivity contribution in [1.82, 2.24) is 0 Å². The lowest BCUT2D eigenvalue weighted by atomic mass is 9.95. The number of benzene rings is 10. The molecule has 2 nitrogen and oxygen atoms in total. The van der Waals surface area contributed by atoms with Gasteiger partial charge in [-0.1, -0.05) is 176 Å². The Kier molecular flexibility index (Phi) is 8.19. The fourth-order valence-corrected chi connectivity index (χ4v) is 8.49. The molecule has 2 heteroatoms. The minimum Gasteiger partial charge on any atom is -0.455 e. The van der Waals surface area contributed by atoms with Gasteiger partial charge >= 0.3 is 0 Å². The number of anilines is 3. The lowest BCUT2D eigenvalue weighted by molar-refractivity contribution is 0.670. The molecule has 10 aromatic carbocycles. The molecule has 0 spiro atoms. The van der Waals surface area contributed by atoms with E-state index in [4.69, 9.17) is 4.42 Å². The summed E-state index contributed by atoms with van der Waals surface area (Å²) in [6, 6.07) is 80.8. The molecule has 58 heavy (non-hydrogen) atoms. The molecule has 0 aliphatic rings. The first-order valence-corrected chi connectivity index (χ1v) is 19.8. The van der Waals surface area contributed by atoms with Crippen molar-refractivity contribution < 1.29 is 4.42 Å². The number of para-hydroxylation sites is 2. The summed E-state index contributed by atoms with van der Waals surface area (Å²) in [6.45, 7) is 0. The highest BCUT2D eigenvalue weighted by molar-refractivity contribution is 6.09. The first-order chi connectivity index (χ1) is 28.7. The molecule has 1 heterocycles. The Bertz CT molecular complexity index is 3270. The Morgan fingerprint density at radius 3 is 1.48 bits per heavy atom. The van der Waals surface area contributed by atoms with Crippen LogP contribution >= 0.6 is 0 Å². The van der Waals surface area contributed by atoms with Gasteiger partial charge in [0.1, 0.15) is 11.2 Å². The molecule has 0 aliphatic heterocycles. The Morgan fingerprint density at radius 1 is 0.293 bits per heavy atom. The van der Waals surface area contributed by atoms with Crippen molar-refractivity contribution in [2.24, 2.45) is 0 Å². The molecule has 0 radical (unpaired) electrons. The summed E-state index contributed by atoms with van der Waals surface area (Å²) in [5.74, 6) is 0. The highest BCUT2D eigenvalue weighted by Gasteiger charge is 2.20. The molecule has 11 aromatic rings. The summed E-state index contributed by atoms with van der Waals surface area (Å²) in [7, 11) is 0. The number of fused-ring (bicyclic) bond motifs is 5. The van der Waals surface area contributed by atoms with Crippen molar-refractivity contribution in [2.45, 2.75) is 0 Å². The minimum atomic E-state index is 0.902. The van der Waals surface area contributed by atoms with Crippen LogP contribution < -0.4 is 4.90 Å². The van der Waals surface area contributed by atoms with Crippen LogP contribution in [0.25, 0.3) is 88.0 Å². The number of rotatable bonds is 7. The van der Waals surface area contributed by atoms with E-state index >= 15 is 0 Å². The summed E-state index contributed by atoms with van der Waals surface area (Å²) in [5.41, 5.74) is 14.3. The third kappa shape index (κ3) is 6.00. The number of nitrogens with zero attached hydrogens (tertiary/aromatic N) is 1. The van der Waals surface area contributed by atoms with Crippen LogP contribution in [0.5, 0.6) is 0 Å². The van der Waals surface area contributed by atoms with Crippen LogP contribution in [0.3, 0.4) is 0 Å². The molecule has 0 fully saturated rings. The lowest BCUT2D eigenvalue weighted by Crippen LogP contribution is -2.11. The summed E-state index contributed by atoms with van der Waals surface area (Å²) < 4.78 is 6.46. The van der Waals surface area contributed by atoms with Gasteiger partial charge in [-0.3, -0.25) is 0 Å². The number of furan rings is 1. The summed E-state index contributed by atoms with van der Waals surface area (Å²) in [6.07, 6.45) is 0. The van der Waals surface area contributed by atoms with Gasteiger partial charge in [-0.05, 0) is 103 Å². The van der Waals surface area contributed by atoms with E-state index in [0.29, 0.717) is 0 Å². The molecule has 272 valence electrons. The predicted molar refractivity (Wildman–Crippen MR) is 245 cm³/mol. The van der Waals surface area contributed by atoms with E-state index in [2.05, 4.69) is 217 Å². The van der Waals surface area contributed by atoms with Gasteiger partial charge in [0.15, 0.2) is 0 Å². The van der Waals surface area contributed by atoms with Crippen LogP contribution in [0.1, 0.15) is 0 Å². The second-order valence-electron chi connectivity index (χ2n) is 14.9. The summed E-state index contributed by atoms with van der Waals surface area (Å²) in [4.78, 5) is 2.41. The van der Waals surface area contributed by atoms with Crippen molar-refractivity contribution >= 4 is 60.5 Å².